The molecule has 2 heterocycles. The summed E-state index contributed by atoms with van der Waals surface area (Å²) < 4.78 is 42.1. The molecule has 0 unspecified atom stereocenters. The summed E-state index contributed by atoms with van der Waals surface area (Å²) in [5, 5.41) is 16.6. The number of hydrogen-bond donors (Lipinski definition) is 3. The van der Waals surface area contributed by atoms with Crippen LogP contribution < -0.4 is 14.8 Å². The summed E-state index contributed by atoms with van der Waals surface area (Å²) >= 11 is 0. The summed E-state index contributed by atoms with van der Waals surface area (Å²) in [6.07, 6.45) is 1.65. The lowest BCUT2D eigenvalue weighted by molar-refractivity contribution is -0.117. The van der Waals surface area contributed by atoms with Crippen LogP contribution in [0.3, 0.4) is 0 Å². The van der Waals surface area contributed by atoms with Gasteiger partial charge in [-0.05, 0) is 54.8 Å². The molecule has 2 aromatic carbocycles. The van der Waals surface area contributed by atoms with Gasteiger partial charge in [0.15, 0.2) is 5.69 Å². The first kappa shape index (κ1) is 28.6. The molecular formula is C28H30N4O7S. The molecule has 0 atom stereocenters. The van der Waals surface area contributed by atoms with Gasteiger partial charge < -0.3 is 19.6 Å². The third-order valence-corrected chi connectivity index (χ3v) is 7.13. The second-order valence-corrected chi connectivity index (χ2v) is 12.0. The minimum Gasteiger partial charge on any atom is -0.476 e. The Morgan fingerprint density at radius 2 is 1.80 bits per heavy atom. The Labute approximate surface area is 231 Å². The van der Waals surface area contributed by atoms with Gasteiger partial charge in [-0.15, -0.1) is 0 Å². The number of ether oxygens (including phenoxy) is 1. The van der Waals surface area contributed by atoms with E-state index >= 15 is 0 Å². The van der Waals surface area contributed by atoms with Crippen LogP contribution in [0.2, 0.25) is 0 Å². The average molecular weight is 567 g/mol. The predicted molar refractivity (Wildman–Crippen MR) is 147 cm³/mol. The number of carbonyl (C=O) groups excluding carboxylic acids is 1. The molecule has 11 nitrogen and oxygen atoms in total. The van der Waals surface area contributed by atoms with Crippen molar-refractivity contribution in [2.24, 2.45) is 5.41 Å². The van der Waals surface area contributed by atoms with E-state index in [0.29, 0.717) is 11.4 Å². The molecular weight excluding hydrogens is 536 g/mol. The Hall–Kier alpha value is -4.42. The van der Waals surface area contributed by atoms with Gasteiger partial charge in [-0.3, -0.25) is 4.79 Å². The highest BCUT2D eigenvalue weighted by atomic mass is 32.2. The summed E-state index contributed by atoms with van der Waals surface area (Å²) in [5.74, 6) is -1.22. The number of nitrogens with zero attached hydrogens (tertiary/aromatic N) is 2. The van der Waals surface area contributed by atoms with E-state index in [1.54, 1.807) is 42.5 Å². The number of para-hydroxylation sites is 1. The number of aromatic carboxylic acids is 1. The van der Waals surface area contributed by atoms with Gasteiger partial charge in [0.2, 0.25) is 21.8 Å². The van der Waals surface area contributed by atoms with Crippen LogP contribution in [0.5, 0.6) is 11.6 Å². The molecule has 0 spiro atoms. The van der Waals surface area contributed by atoms with Gasteiger partial charge in [0, 0.05) is 17.7 Å². The van der Waals surface area contributed by atoms with Crippen LogP contribution >= 0.6 is 0 Å². The Bertz CT molecular complexity index is 1620. The van der Waals surface area contributed by atoms with Crippen molar-refractivity contribution in [1.29, 1.82) is 0 Å². The Morgan fingerprint density at radius 3 is 2.42 bits per heavy atom. The molecule has 40 heavy (non-hydrogen) atoms. The first-order chi connectivity index (χ1) is 18.8. The van der Waals surface area contributed by atoms with E-state index in [9.17, 15) is 23.1 Å². The molecule has 0 aliphatic carbocycles. The van der Waals surface area contributed by atoms with Gasteiger partial charge in [0.1, 0.15) is 16.4 Å². The molecule has 0 radical (unpaired) electrons. The topological polar surface area (TPSA) is 153 Å². The highest BCUT2D eigenvalue weighted by Gasteiger charge is 2.27. The number of carboxylic acid groups (broad SMARTS) is 1. The normalized spacial score (nSPS) is 11.8. The average Bonchev–Trinajstić information content (AvgIpc) is 3.51. The molecule has 3 N–H and O–H groups in total. The van der Waals surface area contributed by atoms with Crippen LogP contribution in [0.4, 0.5) is 5.69 Å². The molecule has 0 fully saturated rings. The van der Waals surface area contributed by atoms with Crippen molar-refractivity contribution >= 4 is 27.6 Å². The first-order valence-electron chi connectivity index (χ1n) is 12.4. The lowest BCUT2D eigenvalue weighted by Gasteiger charge is -2.18. The zero-order valence-electron chi connectivity index (χ0n) is 22.5. The lowest BCUT2D eigenvalue weighted by atomic mass is 9.92. The van der Waals surface area contributed by atoms with Crippen LogP contribution in [-0.2, 0) is 21.4 Å². The zero-order valence-corrected chi connectivity index (χ0v) is 23.3. The minimum absolute atomic E-state index is 0.0237. The number of anilines is 1. The molecule has 0 aliphatic rings. The first-order valence-corrected chi connectivity index (χ1v) is 13.8. The van der Waals surface area contributed by atoms with E-state index < -0.39 is 16.0 Å². The standard InChI is InChI=1S/C28H30N4O7S/c1-18-25(27(34)35)31-32(20-9-6-5-7-10-20)26(18)39-22-13-12-19(30-24(33)16-28(2,3)4)15-23(22)40(36,37)29-17-21-11-8-14-38-21/h5-15,29H,16-17H2,1-4H3,(H,30,33)(H,34,35). The smallest absolute Gasteiger partial charge is 0.356 e. The van der Waals surface area contributed by atoms with E-state index in [2.05, 4.69) is 15.1 Å². The van der Waals surface area contributed by atoms with Crippen LogP contribution in [0, 0.1) is 12.3 Å². The third kappa shape index (κ3) is 6.77. The van der Waals surface area contributed by atoms with Crippen molar-refractivity contribution in [3.8, 4) is 17.3 Å². The zero-order chi connectivity index (χ0) is 29.1. The third-order valence-electron chi connectivity index (χ3n) is 5.70. The number of rotatable bonds is 10. The van der Waals surface area contributed by atoms with E-state index in [1.165, 1.54) is 36.1 Å². The molecule has 0 saturated heterocycles. The van der Waals surface area contributed by atoms with E-state index in [4.69, 9.17) is 9.15 Å². The van der Waals surface area contributed by atoms with Gasteiger partial charge in [0.25, 0.3) is 0 Å². The molecule has 2 aromatic heterocycles. The number of aromatic nitrogens is 2. The van der Waals surface area contributed by atoms with E-state index in [-0.39, 0.29) is 57.8 Å². The minimum atomic E-state index is -4.21. The summed E-state index contributed by atoms with van der Waals surface area (Å²) in [4.78, 5) is 24.2. The summed E-state index contributed by atoms with van der Waals surface area (Å²) in [6, 6.07) is 16.2. The predicted octanol–water partition coefficient (Wildman–Crippen LogP) is 5.12. The van der Waals surface area contributed by atoms with Crippen molar-refractivity contribution in [3.63, 3.8) is 0 Å². The van der Waals surface area contributed by atoms with Gasteiger partial charge in [0.05, 0.1) is 18.5 Å². The fourth-order valence-corrected chi connectivity index (χ4v) is 5.02. The summed E-state index contributed by atoms with van der Waals surface area (Å²) in [6.45, 7) is 7.15. The van der Waals surface area contributed by atoms with Crippen molar-refractivity contribution in [1.82, 2.24) is 14.5 Å². The number of sulfonamides is 1. The van der Waals surface area contributed by atoms with Crippen molar-refractivity contribution in [2.75, 3.05) is 5.32 Å². The number of hydrogen-bond acceptors (Lipinski definition) is 7. The van der Waals surface area contributed by atoms with E-state index in [1.807, 2.05) is 20.8 Å². The maximum Gasteiger partial charge on any atom is 0.356 e. The number of carboxylic acids is 1. The van der Waals surface area contributed by atoms with Crippen molar-refractivity contribution in [2.45, 2.75) is 45.6 Å². The number of furan rings is 1. The van der Waals surface area contributed by atoms with Gasteiger partial charge in [-0.2, -0.15) is 9.78 Å². The second-order valence-electron chi connectivity index (χ2n) is 10.3. The largest absolute Gasteiger partial charge is 0.476 e. The highest BCUT2D eigenvalue weighted by molar-refractivity contribution is 7.89. The monoisotopic (exact) mass is 566 g/mol. The fraction of sp³-hybridized carbons (Fsp3) is 0.250. The Morgan fingerprint density at radius 1 is 1.07 bits per heavy atom. The molecule has 1 amide bonds. The van der Waals surface area contributed by atoms with Crippen LogP contribution in [-0.4, -0.2) is 35.2 Å². The Kier molecular flexibility index (Phi) is 8.12. The SMILES string of the molecule is Cc1c(C(=O)O)nn(-c2ccccc2)c1Oc1ccc(NC(=O)CC(C)(C)C)cc1S(=O)(=O)NCc1ccco1. The van der Waals surface area contributed by atoms with Gasteiger partial charge in [-0.1, -0.05) is 39.0 Å². The highest BCUT2D eigenvalue weighted by Crippen LogP contribution is 2.35. The Balaban J connectivity index is 1.77. The molecule has 0 bridgehead atoms. The molecule has 0 aliphatic heterocycles. The maximum absolute atomic E-state index is 13.5. The number of nitrogens with one attached hydrogen (secondary N) is 2. The summed E-state index contributed by atoms with van der Waals surface area (Å²) in [5.41, 5.74) is 0.442. The van der Waals surface area contributed by atoms with E-state index in [0.717, 1.165) is 0 Å². The number of benzene rings is 2. The van der Waals surface area contributed by atoms with Crippen molar-refractivity contribution < 1.29 is 32.3 Å². The number of carbonyl (C=O) groups is 2. The number of amides is 1. The second kappa shape index (κ2) is 11.4. The molecule has 4 aromatic rings. The van der Waals surface area contributed by atoms with Gasteiger partial charge >= 0.3 is 5.97 Å². The summed E-state index contributed by atoms with van der Waals surface area (Å²) in [7, 11) is -4.21. The quantitative estimate of drug-likeness (QED) is 0.239. The fourth-order valence-electron chi connectivity index (χ4n) is 3.88. The van der Waals surface area contributed by atoms with Crippen molar-refractivity contribution in [3.05, 3.63) is 83.9 Å². The van der Waals surface area contributed by atoms with Crippen LogP contribution in [0.25, 0.3) is 5.69 Å². The van der Waals surface area contributed by atoms with Crippen LogP contribution in [0.15, 0.2) is 76.2 Å². The maximum atomic E-state index is 13.5. The molecule has 12 heteroatoms. The lowest BCUT2D eigenvalue weighted by Crippen LogP contribution is -2.24. The molecule has 4 rings (SSSR count). The van der Waals surface area contributed by atoms with Gasteiger partial charge in [-0.25, -0.2) is 17.9 Å². The molecule has 0 saturated carbocycles. The van der Waals surface area contributed by atoms with Crippen LogP contribution in [0.1, 0.15) is 49.0 Å². The molecule has 210 valence electrons.